The van der Waals surface area contributed by atoms with Gasteiger partial charge in [0.15, 0.2) is 0 Å². The fourth-order valence-corrected chi connectivity index (χ4v) is 8.93. The van der Waals surface area contributed by atoms with Crippen LogP contribution in [-0.4, -0.2) is 147 Å². The van der Waals surface area contributed by atoms with E-state index in [4.69, 9.17) is 9.84 Å². The first-order valence-corrected chi connectivity index (χ1v) is 26.8. The van der Waals surface area contributed by atoms with Crippen molar-refractivity contribution in [3.05, 3.63) is 89.5 Å². The molecule has 0 aromatic heterocycles. The van der Waals surface area contributed by atoms with E-state index in [-0.39, 0.29) is 61.1 Å². The van der Waals surface area contributed by atoms with Gasteiger partial charge in [0.05, 0.1) is 6.04 Å². The molecule has 22 nitrogen and oxygen atoms in total. The molecule has 0 saturated heterocycles. The summed E-state index contributed by atoms with van der Waals surface area (Å²) in [5.74, 6) is -7.33. The maximum absolute atomic E-state index is 14.9. The lowest BCUT2D eigenvalue weighted by molar-refractivity contribution is -0.142. The predicted molar refractivity (Wildman–Crippen MR) is 298 cm³/mol. The lowest BCUT2D eigenvalue weighted by atomic mass is 9.76. The molecule has 1 aliphatic rings. The number of hydrogen-bond donors (Lipinski definition) is 7. The Labute approximate surface area is 468 Å². The predicted octanol–water partition coefficient (Wildman–Crippen LogP) is 5.07. The second kappa shape index (κ2) is 29.9. The molecule has 0 bridgehead atoms. The van der Waals surface area contributed by atoms with Crippen molar-refractivity contribution >= 4 is 71.0 Å². The number of hydrogen-bond acceptors (Lipinski definition) is 12. The van der Waals surface area contributed by atoms with Gasteiger partial charge in [-0.25, -0.2) is 9.59 Å². The Morgan fingerprint density at radius 1 is 0.700 bits per heavy atom. The third kappa shape index (κ3) is 19.5. The van der Waals surface area contributed by atoms with E-state index in [1.165, 1.54) is 56.0 Å². The number of nitrogens with zero attached hydrogens (tertiary/aromatic N) is 3. The molecule has 3 rings (SSSR count). The first-order valence-electron chi connectivity index (χ1n) is 26.8. The number of imide groups is 1. The molecule has 2 unspecified atom stereocenters. The average molecular weight is 1120 g/mol. The van der Waals surface area contributed by atoms with Crippen molar-refractivity contribution in [3.63, 3.8) is 0 Å². The van der Waals surface area contributed by atoms with Crippen LogP contribution in [0.15, 0.2) is 78.4 Å². The number of unbranched alkanes of at least 4 members (excludes halogenated alkanes) is 2. The van der Waals surface area contributed by atoms with Gasteiger partial charge in [0.1, 0.15) is 36.8 Å². The molecule has 7 N–H and O–H groups in total. The van der Waals surface area contributed by atoms with Gasteiger partial charge in [-0.15, -0.1) is 0 Å². The topological polar surface area (TPSA) is 307 Å². The highest BCUT2D eigenvalue weighted by molar-refractivity contribution is 6.12. The summed E-state index contributed by atoms with van der Waals surface area (Å²) < 4.78 is 5.76. The average Bonchev–Trinajstić information content (AvgIpc) is 3.72. The Morgan fingerprint density at radius 3 is 1.84 bits per heavy atom. The highest BCUT2D eigenvalue weighted by atomic mass is 16.6. The normalized spacial score (nSPS) is 15.0. The maximum Gasteiger partial charge on any atom is 0.410 e. The Morgan fingerprint density at radius 2 is 1.30 bits per heavy atom. The van der Waals surface area contributed by atoms with E-state index in [2.05, 4.69) is 26.6 Å². The standard InChI is InChI=1S/C58H82N8O14/c1-34(2)42(32-36(5)50(72)61-41(55(77)78)27-30-46(70)71)64(12)54(76)48(57(7,8)9)63-53(75)49(58(10,11)39-20-16-14-17-21-39)65(13)56(79)80-33-38-23-25-40(26-24-38)60-51(73)37(6)59-52(74)47(35(3)4)62-43(67)22-18-15-19-31-66-44(68)28-29-45(66)69/h14,16-17,20-21,23-26,28-29,32,34-35,37,41-42,47-49H,15,18-19,22,27,30-31,33H2,1-13H3,(H,59,74)(H,60,73)(H,61,72)(H,62,67)(H,63,75)(H,70,71)(H,77,78)/b36-32+/t37-,41+,42+,47?,48?,49+/m0/s1. The van der Waals surface area contributed by atoms with Crippen molar-refractivity contribution < 1.29 is 67.7 Å². The number of ether oxygens (including phenoxy) is 1. The van der Waals surface area contributed by atoms with Gasteiger partial charge < -0.3 is 46.4 Å². The zero-order chi connectivity index (χ0) is 60.4. The molecule has 438 valence electrons. The summed E-state index contributed by atoms with van der Waals surface area (Å²) >= 11 is 0. The van der Waals surface area contributed by atoms with Gasteiger partial charge in [-0.05, 0) is 73.6 Å². The second-order valence-corrected chi connectivity index (χ2v) is 22.5. The Hall–Kier alpha value is -7.91. The number of likely N-dealkylation sites (N-methyl/N-ethyl adjacent to an activating group) is 2. The van der Waals surface area contributed by atoms with E-state index in [0.717, 1.165) is 4.90 Å². The highest BCUT2D eigenvalue weighted by Crippen LogP contribution is 2.32. The van der Waals surface area contributed by atoms with Crippen LogP contribution in [0.3, 0.4) is 0 Å². The minimum absolute atomic E-state index is 0.0809. The van der Waals surface area contributed by atoms with Gasteiger partial charge in [-0.2, -0.15) is 0 Å². The molecular weight excluding hydrogens is 1030 g/mol. The summed E-state index contributed by atoms with van der Waals surface area (Å²) in [4.78, 5) is 146. The van der Waals surface area contributed by atoms with Crippen molar-refractivity contribution in [1.29, 1.82) is 0 Å². The summed E-state index contributed by atoms with van der Waals surface area (Å²) in [6, 6.07) is 8.89. The van der Waals surface area contributed by atoms with E-state index < -0.39 is 101 Å². The van der Waals surface area contributed by atoms with Crippen LogP contribution in [0.1, 0.15) is 126 Å². The van der Waals surface area contributed by atoms with Crippen LogP contribution in [0, 0.1) is 17.3 Å². The van der Waals surface area contributed by atoms with E-state index in [9.17, 15) is 57.8 Å². The lowest BCUT2D eigenvalue weighted by Gasteiger charge is -2.42. The van der Waals surface area contributed by atoms with Gasteiger partial charge >= 0.3 is 18.0 Å². The molecule has 80 heavy (non-hydrogen) atoms. The minimum Gasteiger partial charge on any atom is -0.481 e. The summed E-state index contributed by atoms with van der Waals surface area (Å²) in [5, 5.41) is 32.1. The van der Waals surface area contributed by atoms with E-state index in [1.54, 1.807) is 84.9 Å². The summed E-state index contributed by atoms with van der Waals surface area (Å²) in [6.07, 6.45) is 3.98. The fraction of sp³-hybridized carbons (Fsp3) is 0.534. The Balaban J connectivity index is 1.71. The molecule has 1 heterocycles. The Kier molecular flexibility index (Phi) is 24.8. The number of aliphatic carboxylic acids is 2. The highest BCUT2D eigenvalue weighted by Gasteiger charge is 2.46. The van der Waals surface area contributed by atoms with Crippen LogP contribution in [0.25, 0.3) is 0 Å². The number of carboxylic acid groups (broad SMARTS) is 2. The molecule has 2 aromatic carbocycles. The van der Waals surface area contributed by atoms with Crippen LogP contribution < -0.4 is 26.6 Å². The van der Waals surface area contributed by atoms with E-state index in [1.807, 2.05) is 32.0 Å². The van der Waals surface area contributed by atoms with Crippen LogP contribution in [0.4, 0.5) is 10.5 Å². The molecule has 9 amide bonds. The van der Waals surface area contributed by atoms with Crippen molar-refractivity contribution in [2.24, 2.45) is 17.3 Å². The summed E-state index contributed by atoms with van der Waals surface area (Å²) in [7, 11) is 2.95. The molecule has 0 fully saturated rings. The number of anilines is 1. The van der Waals surface area contributed by atoms with Crippen molar-refractivity contribution in [1.82, 2.24) is 36.0 Å². The van der Waals surface area contributed by atoms with Crippen molar-refractivity contribution in [2.45, 2.75) is 163 Å². The molecule has 0 saturated carbocycles. The summed E-state index contributed by atoms with van der Waals surface area (Å²) in [5.41, 5.74) is -0.303. The number of nitrogens with one attached hydrogen (secondary N) is 5. The number of rotatable bonds is 29. The first kappa shape index (κ1) is 66.4. The number of carbonyl (C=O) groups is 11. The molecule has 0 aliphatic carbocycles. The summed E-state index contributed by atoms with van der Waals surface area (Å²) in [6.45, 7) is 19.0. The quantitative estimate of drug-likeness (QED) is 0.0318. The van der Waals surface area contributed by atoms with Crippen LogP contribution in [0.5, 0.6) is 0 Å². The molecular formula is C58H82N8O14. The van der Waals surface area contributed by atoms with Crippen molar-refractivity contribution in [2.75, 3.05) is 26.0 Å². The van der Waals surface area contributed by atoms with Gasteiger partial charge in [-0.1, -0.05) is 117 Å². The van der Waals surface area contributed by atoms with Crippen LogP contribution in [-0.2, 0) is 64.7 Å². The SMILES string of the molecule is C/C(=C\[C@H](C(C)C)N(C)C(=O)C(NC(=O)[C@@H](N(C)C(=O)OCc1ccc(NC(=O)[C@H](C)NC(=O)C(NC(=O)CCCCCN2C(=O)C=CC2=O)C(C)C)cc1)C(C)(C)c1ccccc1)C(C)(C)C)C(=O)N[C@H](CCC(=O)O)C(=O)O. The van der Waals surface area contributed by atoms with Crippen LogP contribution >= 0.6 is 0 Å². The molecule has 0 spiro atoms. The number of carboxylic acids is 2. The van der Waals surface area contributed by atoms with Gasteiger partial charge in [0.2, 0.25) is 35.4 Å². The molecule has 1 aliphatic heterocycles. The molecule has 22 heteroatoms. The number of amides is 9. The third-order valence-corrected chi connectivity index (χ3v) is 13.8. The molecule has 6 atom stereocenters. The fourth-order valence-electron chi connectivity index (χ4n) is 8.93. The van der Waals surface area contributed by atoms with Crippen LogP contribution in [0.2, 0.25) is 0 Å². The maximum atomic E-state index is 14.9. The van der Waals surface area contributed by atoms with E-state index >= 15 is 0 Å². The lowest BCUT2D eigenvalue weighted by Crippen LogP contribution is -2.63. The van der Waals surface area contributed by atoms with Gasteiger partial charge in [0, 0.05) is 62.3 Å². The van der Waals surface area contributed by atoms with Gasteiger partial charge in [0.25, 0.3) is 11.8 Å². The first-order chi connectivity index (χ1) is 37.3. The van der Waals surface area contributed by atoms with Crippen molar-refractivity contribution in [3.8, 4) is 0 Å². The Bertz CT molecular complexity index is 2610. The number of carbonyl (C=O) groups excluding carboxylic acids is 9. The molecule has 2 aromatic rings. The second-order valence-electron chi connectivity index (χ2n) is 22.5. The van der Waals surface area contributed by atoms with E-state index in [0.29, 0.717) is 36.1 Å². The zero-order valence-electron chi connectivity index (χ0n) is 48.3. The zero-order valence-corrected chi connectivity index (χ0v) is 48.3. The third-order valence-electron chi connectivity index (χ3n) is 13.8. The minimum atomic E-state index is -1.46. The largest absolute Gasteiger partial charge is 0.481 e. The number of benzene rings is 2. The smallest absolute Gasteiger partial charge is 0.410 e. The molecule has 0 radical (unpaired) electrons. The van der Waals surface area contributed by atoms with Gasteiger partial charge in [-0.3, -0.25) is 53.0 Å². The monoisotopic (exact) mass is 1110 g/mol.